The van der Waals surface area contributed by atoms with Crippen LogP contribution >= 0.6 is 35.3 Å². The minimum Gasteiger partial charge on any atom is -0.357 e. The molecular weight excluding hydrogens is 483 g/mol. The second-order valence-corrected chi connectivity index (χ2v) is 8.86. The van der Waals surface area contributed by atoms with E-state index in [4.69, 9.17) is 4.99 Å². The van der Waals surface area contributed by atoms with E-state index in [1.54, 1.807) is 11.3 Å². The highest BCUT2D eigenvalue weighted by Crippen LogP contribution is 2.27. The molecule has 1 aromatic rings. The van der Waals surface area contributed by atoms with E-state index in [9.17, 15) is 4.79 Å². The van der Waals surface area contributed by atoms with Gasteiger partial charge in [0.15, 0.2) is 5.96 Å². The summed E-state index contributed by atoms with van der Waals surface area (Å²) in [6, 6.07) is 4.57. The topological polar surface area (TPSA) is 56.7 Å². The molecule has 28 heavy (non-hydrogen) atoms. The number of rotatable bonds is 6. The fourth-order valence-electron chi connectivity index (χ4n) is 4.09. The third kappa shape index (κ3) is 6.61. The van der Waals surface area contributed by atoms with Gasteiger partial charge in [0.2, 0.25) is 5.91 Å². The molecule has 1 aliphatic heterocycles. The van der Waals surface area contributed by atoms with E-state index in [0.29, 0.717) is 17.9 Å². The largest absolute Gasteiger partial charge is 0.357 e. The Balaban J connectivity index is 0.00000280. The van der Waals surface area contributed by atoms with Gasteiger partial charge in [-0.25, -0.2) is 0 Å². The minimum absolute atomic E-state index is 0. The summed E-state index contributed by atoms with van der Waals surface area (Å²) in [5.74, 6) is 1.95. The van der Waals surface area contributed by atoms with E-state index in [2.05, 4.69) is 46.9 Å². The molecule has 158 valence electrons. The van der Waals surface area contributed by atoms with E-state index in [1.807, 2.05) is 0 Å². The zero-order valence-corrected chi connectivity index (χ0v) is 20.3. The van der Waals surface area contributed by atoms with Gasteiger partial charge in [-0.2, -0.15) is 0 Å². The summed E-state index contributed by atoms with van der Waals surface area (Å²) < 4.78 is 0. The number of nitrogens with zero attached hydrogens (tertiary/aromatic N) is 2. The lowest BCUT2D eigenvalue weighted by atomic mass is 9.88. The number of amides is 1. The first-order valence-corrected chi connectivity index (χ1v) is 11.4. The lowest BCUT2D eigenvalue weighted by molar-refractivity contribution is -0.135. The summed E-state index contributed by atoms with van der Waals surface area (Å²) in [5.41, 5.74) is 0. The van der Waals surface area contributed by atoms with Crippen LogP contribution in [-0.2, 0) is 4.79 Å². The van der Waals surface area contributed by atoms with Crippen molar-refractivity contribution in [1.82, 2.24) is 15.5 Å². The van der Waals surface area contributed by atoms with Gasteiger partial charge in [0.05, 0.1) is 6.54 Å². The van der Waals surface area contributed by atoms with Crippen LogP contribution in [0.4, 0.5) is 0 Å². The molecule has 5 nitrogen and oxygen atoms in total. The number of carbonyl (C=O) groups excluding carboxylic acids is 1. The number of aliphatic imine (C=N–C) groups is 1. The maximum Gasteiger partial charge on any atom is 0.225 e. The number of guanidine groups is 1. The number of hydrogen-bond acceptors (Lipinski definition) is 3. The zero-order chi connectivity index (χ0) is 19.1. The third-order valence-electron chi connectivity index (χ3n) is 5.69. The van der Waals surface area contributed by atoms with Crippen LogP contribution in [0.1, 0.15) is 63.2 Å². The molecule has 2 aliphatic rings. The highest BCUT2D eigenvalue weighted by Gasteiger charge is 2.31. The lowest BCUT2D eigenvalue weighted by Crippen LogP contribution is -2.45. The van der Waals surface area contributed by atoms with Crippen molar-refractivity contribution in [3.05, 3.63) is 22.4 Å². The first kappa shape index (κ1) is 23.4. The Morgan fingerprint density at radius 1 is 1.32 bits per heavy atom. The summed E-state index contributed by atoms with van der Waals surface area (Å²) in [7, 11) is 0. The maximum absolute atomic E-state index is 12.8. The summed E-state index contributed by atoms with van der Waals surface area (Å²) in [6.07, 6.45) is 6.89. The monoisotopic (exact) mass is 518 g/mol. The average Bonchev–Trinajstić information content (AvgIpc) is 3.38. The normalized spacial score (nSPS) is 21.9. The van der Waals surface area contributed by atoms with E-state index < -0.39 is 0 Å². The molecule has 2 N–H and O–H groups in total. The zero-order valence-electron chi connectivity index (χ0n) is 17.2. The molecule has 1 aliphatic carbocycles. The molecule has 7 heteroatoms. The SMILES string of the molecule is CCNC(=NCC(C)c1cccs1)NC1CCN(C(=O)C2CCCCC2)C1.I. The molecule has 0 radical (unpaired) electrons. The Hall–Kier alpha value is -0.830. The van der Waals surface area contributed by atoms with Gasteiger partial charge in [-0.1, -0.05) is 32.3 Å². The second kappa shape index (κ2) is 12.0. The summed E-state index contributed by atoms with van der Waals surface area (Å²) in [6.45, 7) is 7.61. The predicted octanol–water partition coefficient (Wildman–Crippen LogP) is 4.21. The fourth-order valence-corrected chi connectivity index (χ4v) is 4.87. The van der Waals surface area contributed by atoms with E-state index >= 15 is 0 Å². The Morgan fingerprint density at radius 3 is 2.79 bits per heavy atom. The molecule has 2 unspecified atom stereocenters. The lowest BCUT2D eigenvalue weighted by Gasteiger charge is -2.26. The fraction of sp³-hybridized carbons (Fsp3) is 0.714. The highest BCUT2D eigenvalue weighted by molar-refractivity contribution is 14.0. The van der Waals surface area contributed by atoms with Gasteiger partial charge in [-0.05, 0) is 37.6 Å². The average molecular weight is 519 g/mol. The first-order chi connectivity index (χ1) is 13.2. The molecule has 0 bridgehead atoms. The second-order valence-electron chi connectivity index (χ2n) is 7.89. The number of carbonyl (C=O) groups is 1. The van der Waals surface area contributed by atoms with Crippen molar-refractivity contribution in [2.45, 2.75) is 64.3 Å². The predicted molar refractivity (Wildman–Crippen MR) is 129 cm³/mol. The Kier molecular flexibility index (Phi) is 10.0. The van der Waals surface area contributed by atoms with Crippen LogP contribution in [0.15, 0.2) is 22.5 Å². The van der Waals surface area contributed by atoms with Crippen LogP contribution in [-0.4, -0.2) is 49.0 Å². The molecule has 1 saturated carbocycles. The molecule has 2 heterocycles. The van der Waals surface area contributed by atoms with Crippen molar-refractivity contribution in [2.75, 3.05) is 26.2 Å². The van der Waals surface area contributed by atoms with Crippen LogP contribution in [0, 0.1) is 5.92 Å². The number of likely N-dealkylation sites (tertiary alicyclic amines) is 1. The van der Waals surface area contributed by atoms with Crippen molar-refractivity contribution < 1.29 is 4.79 Å². The number of nitrogens with one attached hydrogen (secondary N) is 2. The van der Waals surface area contributed by atoms with Gasteiger partial charge in [0, 0.05) is 42.4 Å². The molecule has 2 atom stereocenters. The molecule has 0 aromatic carbocycles. The summed E-state index contributed by atoms with van der Waals surface area (Å²) in [4.78, 5) is 21.0. The smallest absolute Gasteiger partial charge is 0.225 e. The molecule has 1 amide bonds. The maximum atomic E-state index is 12.8. The van der Waals surface area contributed by atoms with Crippen molar-refractivity contribution in [3.8, 4) is 0 Å². The minimum atomic E-state index is 0. The van der Waals surface area contributed by atoms with Gasteiger partial charge in [-0.3, -0.25) is 9.79 Å². The number of thiophene rings is 1. The van der Waals surface area contributed by atoms with Gasteiger partial charge >= 0.3 is 0 Å². The molecule has 1 aromatic heterocycles. The van der Waals surface area contributed by atoms with Crippen molar-refractivity contribution in [2.24, 2.45) is 10.9 Å². The highest BCUT2D eigenvalue weighted by atomic mass is 127. The van der Waals surface area contributed by atoms with Crippen molar-refractivity contribution >= 4 is 47.2 Å². The van der Waals surface area contributed by atoms with Gasteiger partial charge in [0.25, 0.3) is 0 Å². The molecular formula is C21H35IN4OS. The number of halogens is 1. The Labute approximate surface area is 190 Å². The summed E-state index contributed by atoms with van der Waals surface area (Å²) in [5, 5.41) is 9.03. The quantitative estimate of drug-likeness (QED) is 0.337. The Morgan fingerprint density at radius 2 is 2.11 bits per heavy atom. The van der Waals surface area contributed by atoms with Crippen LogP contribution in [0.3, 0.4) is 0 Å². The van der Waals surface area contributed by atoms with E-state index in [0.717, 1.165) is 51.4 Å². The molecule has 2 fully saturated rings. The summed E-state index contributed by atoms with van der Waals surface area (Å²) >= 11 is 1.79. The van der Waals surface area contributed by atoms with Crippen LogP contribution in [0.5, 0.6) is 0 Å². The molecule has 1 saturated heterocycles. The standard InChI is InChI=1S/C21H34N4OS.HI/c1-3-22-21(23-14-16(2)19-10-7-13-27-19)24-18-11-12-25(15-18)20(26)17-8-5-4-6-9-17;/h7,10,13,16-18H,3-6,8-9,11-12,14-15H2,1-2H3,(H2,22,23,24);1H. The molecule has 0 spiro atoms. The van der Waals surface area contributed by atoms with Gasteiger partial charge in [0.1, 0.15) is 0 Å². The Bertz CT molecular complexity index is 616. The van der Waals surface area contributed by atoms with Crippen LogP contribution in [0.25, 0.3) is 0 Å². The van der Waals surface area contributed by atoms with Crippen molar-refractivity contribution in [1.29, 1.82) is 0 Å². The van der Waals surface area contributed by atoms with Gasteiger partial charge < -0.3 is 15.5 Å². The van der Waals surface area contributed by atoms with Crippen LogP contribution < -0.4 is 10.6 Å². The number of hydrogen-bond donors (Lipinski definition) is 2. The van der Waals surface area contributed by atoms with Gasteiger partial charge in [-0.15, -0.1) is 35.3 Å². The third-order valence-corrected chi connectivity index (χ3v) is 6.80. The van der Waals surface area contributed by atoms with Crippen molar-refractivity contribution in [3.63, 3.8) is 0 Å². The molecule has 3 rings (SSSR count). The van der Waals surface area contributed by atoms with E-state index in [-0.39, 0.29) is 29.9 Å². The van der Waals surface area contributed by atoms with Crippen LogP contribution in [0.2, 0.25) is 0 Å². The first-order valence-electron chi connectivity index (χ1n) is 10.5. The van der Waals surface area contributed by atoms with E-state index in [1.165, 1.54) is 24.1 Å².